The Kier molecular flexibility index (Phi) is 12.1. The smallest absolute Gasteiger partial charge is 0.0951 e. The van der Waals surface area contributed by atoms with Crippen LogP contribution < -0.4 is 5.73 Å². The summed E-state index contributed by atoms with van der Waals surface area (Å²) < 4.78 is 0. The second-order valence-corrected chi connectivity index (χ2v) is 3.81. The molecule has 0 spiro atoms. The highest BCUT2D eigenvalue weighted by atomic mass is 16.3. The first-order valence-corrected chi connectivity index (χ1v) is 6.52. The van der Waals surface area contributed by atoms with Crippen molar-refractivity contribution < 1.29 is 5.11 Å². The van der Waals surface area contributed by atoms with Gasteiger partial charge < -0.3 is 10.8 Å². The minimum atomic E-state index is -0.744. The molecule has 0 saturated carbocycles. The largest absolute Gasteiger partial charge is 0.387 e. The monoisotopic (exact) mass is 285 g/mol. The zero-order valence-electron chi connectivity index (χ0n) is 12.4. The van der Waals surface area contributed by atoms with Crippen LogP contribution in [0.2, 0.25) is 0 Å². The highest BCUT2D eigenvalue weighted by molar-refractivity contribution is 4.95. The molecule has 0 aromatic heterocycles. The molecule has 0 bridgehead atoms. The van der Waals surface area contributed by atoms with E-state index < -0.39 is 6.10 Å². The molecule has 0 saturated heterocycles. The fourth-order valence-corrected chi connectivity index (χ4v) is 1.12. The van der Waals surface area contributed by atoms with E-state index in [2.05, 4.69) is 81.1 Å². The van der Waals surface area contributed by atoms with Gasteiger partial charge in [-0.25, -0.2) is 0 Å². The first kappa shape index (κ1) is 18.8. The predicted octanol–water partition coefficient (Wildman–Crippen LogP) is 2.68. The van der Waals surface area contributed by atoms with E-state index in [1.165, 1.54) is 6.08 Å². The van der Waals surface area contributed by atoms with Crippen molar-refractivity contribution in [1.29, 1.82) is 0 Å². The van der Waals surface area contributed by atoms with Crippen LogP contribution in [0.25, 0.3) is 0 Å². The van der Waals surface area contributed by atoms with Gasteiger partial charge in [0.05, 0.1) is 6.10 Å². The third-order valence-corrected chi connectivity index (χ3v) is 2.10. The Labute approximate surface area is 130 Å². The molecule has 3 N–H and O–H groups in total. The average molecular weight is 285 g/mol. The first-order valence-electron chi connectivity index (χ1n) is 6.52. The number of hydrogen-bond donors (Lipinski definition) is 2. The van der Waals surface area contributed by atoms with Gasteiger partial charge in [0.15, 0.2) is 0 Å². The lowest BCUT2D eigenvalue weighted by Crippen LogP contribution is -2.32. The van der Waals surface area contributed by atoms with Crippen LogP contribution >= 0.6 is 0 Å². The molecule has 0 rings (SSSR count). The summed E-state index contributed by atoms with van der Waals surface area (Å²) in [5, 5.41) is 9.62. The van der Waals surface area contributed by atoms with Gasteiger partial charge in [-0.3, -0.25) is 0 Å². The molecule has 0 aliphatic heterocycles. The van der Waals surface area contributed by atoms with Crippen LogP contribution in [0.5, 0.6) is 0 Å². The van der Waals surface area contributed by atoms with Crippen LogP contribution in [0.15, 0.2) is 87.2 Å². The molecule has 22 heavy (non-hydrogen) atoms. The van der Waals surface area contributed by atoms with E-state index in [1.807, 2.05) is 6.92 Å². The van der Waals surface area contributed by atoms with Gasteiger partial charge in [0.2, 0.25) is 0 Å². The normalized spacial score (nSPS) is 9.23. The van der Waals surface area contributed by atoms with Gasteiger partial charge in [0.1, 0.15) is 0 Å². The second-order valence-electron chi connectivity index (χ2n) is 3.81. The van der Waals surface area contributed by atoms with Crippen molar-refractivity contribution in [2.45, 2.75) is 31.9 Å². The summed E-state index contributed by atoms with van der Waals surface area (Å²) in [6.07, 6.45) is 2.35. The molecule has 0 radical (unpaired) electrons. The second kappa shape index (κ2) is 14.2. The number of rotatable bonds is 4. The van der Waals surface area contributed by atoms with Gasteiger partial charge in [-0.05, 0) is 82.1 Å². The average Bonchev–Trinajstić information content (AvgIpc) is 2.51. The Balaban J connectivity index is 5.27. The van der Waals surface area contributed by atoms with Crippen LogP contribution in [0.1, 0.15) is 19.8 Å². The minimum Gasteiger partial charge on any atom is -0.387 e. The quantitative estimate of drug-likeness (QED) is 0.780. The van der Waals surface area contributed by atoms with E-state index in [4.69, 9.17) is 5.73 Å². The Morgan fingerprint density at radius 2 is 1.36 bits per heavy atom. The van der Waals surface area contributed by atoms with Gasteiger partial charge in [0, 0.05) is 6.04 Å². The van der Waals surface area contributed by atoms with Gasteiger partial charge in [-0.15, -0.1) is 0 Å². The summed E-state index contributed by atoms with van der Waals surface area (Å²) in [4.78, 5) is 0. The van der Waals surface area contributed by atoms with Crippen molar-refractivity contribution in [1.82, 2.24) is 0 Å². The maximum absolute atomic E-state index is 9.62. The predicted molar refractivity (Wildman–Crippen MR) is 84.8 cm³/mol. The lowest BCUT2D eigenvalue weighted by Gasteiger charge is -2.12. The Bertz CT molecular complexity index is 855. The summed E-state index contributed by atoms with van der Waals surface area (Å²) >= 11 is 0. The maximum atomic E-state index is 9.62. The Hall–Kier alpha value is -3.20. The molecule has 2 nitrogen and oxygen atoms in total. The van der Waals surface area contributed by atoms with Crippen molar-refractivity contribution in [3.63, 3.8) is 0 Å². The van der Waals surface area contributed by atoms with Crippen LogP contribution in [-0.4, -0.2) is 17.3 Å². The van der Waals surface area contributed by atoms with Crippen molar-refractivity contribution in [3.05, 3.63) is 87.2 Å². The first-order chi connectivity index (χ1) is 10.7. The number of aliphatic hydroxyl groups is 1. The third-order valence-electron chi connectivity index (χ3n) is 2.10. The zero-order valence-corrected chi connectivity index (χ0v) is 12.4. The van der Waals surface area contributed by atoms with Crippen LogP contribution in [-0.2, 0) is 0 Å². The lowest BCUT2D eigenvalue weighted by molar-refractivity contribution is 0.186. The number of aliphatic hydroxyl groups excluding tert-OH is 1. The van der Waals surface area contributed by atoms with E-state index in [-0.39, 0.29) is 6.04 Å². The molecule has 0 fully saturated rings. The molecule has 0 aliphatic carbocycles. The SMILES string of the molecule is C=C=C=C=C=C=C=C=C=C=C=C=C=C=C[C@H](O)[C@@H](N)CCC. The standard InChI is InChI=1S/C20H15NO/c1-3-5-6-7-8-9-10-11-12-13-14-15-16-18-20(22)19(21)17-4-2/h18-20,22H,1,4,17,21H2,2H3/t19-,20-/m0/s1. The third kappa shape index (κ3) is 11.9. The zero-order chi connectivity index (χ0) is 16.5. The van der Waals surface area contributed by atoms with Gasteiger partial charge in [-0.1, -0.05) is 24.8 Å². The molecule has 106 valence electrons. The lowest BCUT2D eigenvalue weighted by atomic mass is 10.1. The molecule has 0 unspecified atom stereocenters. The van der Waals surface area contributed by atoms with Crippen LogP contribution in [0, 0.1) is 0 Å². The summed E-state index contributed by atoms with van der Waals surface area (Å²) in [7, 11) is 0. The van der Waals surface area contributed by atoms with E-state index in [9.17, 15) is 5.11 Å². The van der Waals surface area contributed by atoms with Crippen LogP contribution in [0.4, 0.5) is 0 Å². The van der Waals surface area contributed by atoms with Crippen LogP contribution in [0.3, 0.4) is 0 Å². The Morgan fingerprint density at radius 1 is 0.909 bits per heavy atom. The van der Waals surface area contributed by atoms with Gasteiger partial charge >= 0.3 is 0 Å². The summed E-state index contributed by atoms with van der Waals surface area (Å²) in [5.74, 6) is 0. The molecular weight excluding hydrogens is 270 g/mol. The molecular formula is C20H15NO. The van der Waals surface area contributed by atoms with E-state index >= 15 is 0 Å². The summed E-state index contributed by atoms with van der Waals surface area (Å²) in [5.41, 5.74) is 38.2. The molecule has 0 amide bonds. The van der Waals surface area contributed by atoms with Crippen molar-refractivity contribution in [2.75, 3.05) is 0 Å². The summed E-state index contributed by atoms with van der Waals surface area (Å²) in [6.45, 7) is 5.31. The molecule has 0 aliphatic rings. The molecule has 0 aromatic carbocycles. The molecule has 0 aromatic rings. The van der Waals surface area contributed by atoms with Crippen molar-refractivity contribution in [2.24, 2.45) is 5.73 Å². The van der Waals surface area contributed by atoms with E-state index in [1.54, 1.807) is 0 Å². The minimum absolute atomic E-state index is 0.294. The highest BCUT2D eigenvalue weighted by Crippen LogP contribution is 1.99. The molecule has 2 heteroatoms. The highest BCUT2D eigenvalue weighted by Gasteiger charge is 2.09. The Morgan fingerprint density at radius 3 is 1.82 bits per heavy atom. The number of nitrogens with two attached hydrogens (primary N) is 1. The molecule has 2 atom stereocenters. The van der Waals surface area contributed by atoms with Crippen molar-refractivity contribution in [3.8, 4) is 0 Å². The van der Waals surface area contributed by atoms with E-state index in [0.717, 1.165) is 12.8 Å². The van der Waals surface area contributed by atoms with Gasteiger partial charge in [-0.2, -0.15) is 0 Å². The van der Waals surface area contributed by atoms with E-state index in [0.29, 0.717) is 0 Å². The topological polar surface area (TPSA) is 46.2 Å². The fourth-order valence-electron chi connectivity index (χ4n) is 1.12. The van der Waals surface area contributed by atoms with Gasteiger partial charge in [0.25, 0.3) is 0 Å². The fraction of sp³-hybridized carbons (Fsp3) is 0.250. The summed E-state index contributed by atoms with van der Waals surface area (Å²) in [6, 6.07) is -0.294. The number of hydrogen-bond acceptors (Lipinski definition) is 2. The maximum Gasteiger partial charge on any atom is 0.0951 e. The van der Waals surface area contributed by atoms with Crippen molar-refractivity contribution >= 4 is 0 Å². The molecule has 0 heterocycles.